The summed E-state index contributed by atoms with van der Waals surface area (Å²) in [5, 5.41) is 0. The fourth-order valence-electron chi connectivity index (χ4n) is 2.09. The van der Waals surface area contributed by atoms with Gasteiger partial charge in [0.1, 0.15) is 0 Å². The molecule has 1 fully saturated rings. The molecular weight excluding hydrogens is 240 g/mol. The summed E-state index contributed by atoms with van der Waals surface area (Å²) in [7, 11) is 0. The van der Waals surface area contributed by atoms with Gasteiger partial charge < -0.3 is 5.73 Å². The molecule has 1 aromatic heterocycles. The van der Waals surface area contributed by atoms with Gasteiger partial charge in [0.05, 0.1) is 10.3 Å². The summed E-state index contributed by atoms with van der Waals surface area (Å²) in [6, 6.07) is 4.23. The van der Waals surface area contributed by atoms with E-state index in [9.17, 15) is 4.79 Å². The molecule has 3 nitrogen and oxygen atoms in total. The van der Waals surface area contributed by atoms with Crippen molar-refractivity contribution < 1.29 is 4.79 Å². The zero-order chi connectivity index (χ0) is 11.5. The van der Waals surface area contributed by atoms with Crippen LogP contribution in [0.3, 0.4) is 0 Å². The first kappa shape index (κ1) is 12.0. The minimum absolute atomic E-state index is 0.0557. The van der Waals surface area contributed by atoms with E-state index in [0.717, 1.165) is 25.9 Å². The number of nitrogens with zero attached hydrogens (tertiary/aromatic N) is 1. The first-order valence-corrected chi connectivity index (χ1v) is 7.41. The van der Waals surface area contributed by atoms with Crippen molar-refractivity contribution in [2.75, 3.05) is 12.8 Å². The lowest BCUT2D eigenvalue weighted by molar-refractivity contribution is -0.122. The lowest BCUT2D eigenvalue weighted by Gasteiger charge is -2.20. The molecule has 0 saturated carbocycles. The summed E-state index contributed by atoms with van der Waals surface area (Å²) >= 11 is 3.57. The van der Waals surface area contributed by atoms with Gasteiger partial charge in [-0.25, -0.2) is 0 Å². The van der Waals surface area contributed by atoms with E-state index in [2.05, 4.69) is 23.3 Å². The van der Waals surface area contributed by atoms with Crippen molar-refractivity contribution >= 4 is 29.0 Å². The van der Waals surface area contributed by atoms with Crippen molar-refractivity contribution in [2.45, 2.75) is 29.6 Å². The second kappa shape index (κ2) is 5.21. The van der Waals surface area contributed by atoms with Crippen LogP contribution in [0.2, 0.25) is 0 Å². The van der Waals surface area contributed by atoms with Gasteiger partial charge in [-0.05, 0) is 37.8 Å². The molecule has 0 aliphatic carbocycles. The topological polar surface area (TPSA) is 46.3 Å². The average Bonchev–Trinajstić information content (AvgIpc) is 2.87. The fraction of sp³-hybridized carbons (Fsp3) is 0.545. The van der Waals surface area contributed by atoms with Crippen molar-refractivity contribution in [2.24, 2.45) is 5.73 Å². The van der Waals surface area contributed by atoms with Gasteiger partial charge >= 0.3 is 0 Å². The maximum Gasteiger partial charge on any atom is 0.234 e. The van der Waals surface area contributed by atoms with E-state index in [1.54, 1.807) is 23.1 Å². The second-order valence-corrected chi connectivity index (χ2v) is 6.23. The number of rotatable bonds is 4. The van der Waals surface area contributed by atoms with E-state index in [1.165, 1.54) is 9.09 Å². The van der Waals surface area contributed by atoms with E-state index < -0.39 is 0 Å². The molecule has 0 spiro atoms. The smallest absolute Gasteiger partial charge is 0.234 e. The number of thiophene rings is 1. The van der Waals surface area contributed by atoms with Crippen LogP contribution >= 0.6 is 23.1 Å². The number of carbonyl (C=O) groups excluding carboxylic acids is 1. The third-order valence-corrected chi connectivity index (χ3v) is 5.04. The Bertz CT molecular complexity index is 378. The maximum atomic E-state index is 11.2. The highest BCUT2D eigenvalue weighted by molar-refractivity contribution is 8.00. The Kier molecular flexibility index (Phi) is 3.89. The number of hydrogen-bond acceptors (Lipinski definition) is 4. The first-order valence-electron chi connectivity index (χ1n) is 5.37. The Labute approximate surface area is 104 Å². The molecule has 0 bridgehead atoms. The number of thioether (sulfide) groups is 1. The number of nitrogens with two attached hydrogens (primary N) is 1. The van der Waals surface area contributed by atoms with Gasteiger partial charge in [0.15, 0.2) is 0 Å². The lowest BCUT2D eigenvalue weighted by Crippen LogP contribution is -2.39. The molecule has 1 aromatic rings. The molecule has 0 aromatic carbocycles. The van der Waals surface area contributed by atoms with Crippen molar-refractivity contribution in [3.05, 3.63) is 17.0 Å². The molecule has 1 aliphatic rings. The zero-order valence-corrected chi connectivity index (χ0v) is 10.9. The molecule has 16 heavy (non-hydrogen) atoms. The highest BCUT2D eigenvalue weighted by atomic mass is 32.2. The number of carbonyl (C=O) groups is 1. The Morgan fingerprint density at radius 2 is 2.50 bits per heavy atom. The molecule has 0 radical (unpaired) electrons. The maximum absolute atomic E-state index is 11.2. The van der Waals surface area contributed by atoms with Crippen molar-refractivity contribution in [1.82, 2.24) is 4.90 Å². The van der Waals surface area contributed by atoms with Crippen LogP contribution in [-0.4, -0.2) is 29.6 Å². The predicted molar refractivity (Wildman–Crippen MR) is 68.7 cm³/mol. The molecule has 2 rings (SSSR count). The quantitative estimate of drug-likeness (QED) is 0.837. The summed E-state index contributed by atoms with van der Waals surface area (Å²) in [5.41, 5.74) is 5.39. The summed E-state index contributed by atoms with van der Waals surface area (Å²) in [6.45, 7) is 1.85. The van der Waals surface area contributed by atoms with E-state index in [-0.39, 0.29) is 11.9 Å². The molecule has 0 unspecified atom stereocenters. The minimum Gasteiger partial charge on any atom is -0.368 e. The highest BCUT2D eigenvalue weighted by Gasteiger charge is 2.28. The molecule has 2 heterocycles. The lowest BCUT2D eigenvalue weighted by atomic mass is 10.2. The van der Waals surface area contributed by atoms with Gasteiger partial charge in [-0.2, -0.15) is 0 Å². The normalized spacial score (nSPS) is 21.4. The number of hydrogen-bond donors (Lipinski definition) is 1. The Morgan fingerprint density at radius 3 is 3.12 bits per heavy atom. The summed E-state index contributed by atoms with van der Waals surface area (Å²) in [4.78, 5) is 14.8. The monoisotopic (exact) mass is 256 g/mol. The van der Waals surface area contributed by atoms with Crippen molar-refractivity contribution in [1.29, 1.82) is 0 Å². The minimum atomic E-state index is -0.181. The van der Waals surface area contributed by atoms with Crippen LogP contribution in [-0.2, 0) is 11.3 Å². The summed E-state index contributed by atoms with van der Waals surface area (Å²) in [6.07, 6.45) is 4.07. The number of amides is 1. The molecule has 1 aliphatic heterocycles. The van der Waals surface area contributed by atoms with Gasteiger partial charge in [0, 0.05) is 11.4 Å². The Morgan fingerprint density at radius 1 is 1.69 bits per heavy atom. The number of likely N-dealkylation sites (tertiary alicyclic amines) is 1. The molecule has 1 saturated heterocycles. The standard InChI is InChI=1S/C11H16N2OS2/c1-15-10-5-4-8(16-10)7-13-6-2-3-9(13)11(12)14/h4-5,9H,2-3,6-7H2,1H3,(H2,12,14)/t9-/m1/s1. The van der Waals surface area contributed by atoms with E-state index in [0.29, 0.717) is 0 Å². The zero-order valence-electron chi connectivity index (χ0n) is 9.31. The van der Waals surface area contributed by atoms with E-state index in [1.807, 2.05) is 0 Å². The fourth-order valence-corrected chi connectivity index (χ4v) is 3.71. The third-order valence-electron chi connectivity index (χ3n) is 2.89. The largest absolute Gasteiger partial charge is 0.368 e. The highest BCUT2D eigenvalue weighted by Crippen LogP contribution is 2.28. The Balaban J connectivity index is 2.00. The molecule has 1 atom stereocenters. The second-order valence-electron chi connectivity index (χ2n) is 3.96. The van der Waals surface area contributed by atoms with Gasteiger partial charge in [-0.3, -0.25) is 9.69 Å². The molecule has 2 N–H and O–H groups in total. The predicted octanol–water partition coefficient (Wildman–Crippen LogP) is 1.92. The molecule has 88 valence electrons. The third kappa shape index (κ3) is 2.59. The SMILES string of the molecule is CSc1ccc(CN2CCC[C@@H]2C(N)=O)s1. The van der Waals surface area contributed by atoms with E-state index in [4.69, 9.17) is 5.73 Å². The van der Waals surface area contributed by atoms with Crippen molar-refractivity contribution in [3.8, 4) is 0 Å². The average molecular weight is 256 g/mol. The van der Waals surface area contributed by atoms with Crippen LogP contribution in [0.15, 0.2) is 16.3 Å². The van der Waals surface area contributed by atoms with Crippen LogP contribution < -0.4 is 5.73 Å². The van der Waals surface area contributed by atoms with Gasteiger partial charge in [0.25, 0.3) is 0 Å². The van der Waals surface area contributed by atoms with Crippen molar-refractivity contribution in [3.63, 3.8) is 0 Å². The molecule has 5 heteroatoms. The van der Waals surface area contributed by atoms with Crippen LogP contribution in [0.1, 0.15) is 17.7 Å². The first-order chi connectivity index (χ1) is 7.70. The Hall–Kier alpha value is -0.520. The van der Waals surface area contributed by atoms with Gasteiger partial charge in [-0.15, -0.1) is 23.1 Å². The van der Waals surface area contributed by atoms with Crippen LogP contribution in [0.25, 0.3) is 0 Å². The van der Waals surface area contributed by atoms with Crippen LogP contribution in [0, 0.1) is 0 Å². The van der Waals surface area contributed by atoms with Gasteiger partial charge in [0.2, 0.25) is 5.91 Å². The van der Waals surface area contributed by atoms with Crippen LogP contribution in [0.4, 0.5) is 0 Å². The molecular formula is C11H16N2OS2. The number of primary amides is 1. The van der Waals surface area contributed by atoms with Crippen LogP contribution in [0.5, 0.6) is 0 Å². The van der Waals surface area contributed by atoms with E-state index >= 15 is 0 Å². The summed E-state index contributed by atoms with van der Waals surface area (Å²) < 4.78 is 1.32. The van der Waals surface area contributed by atoms with Gasteiger partial charge in [-0.1, -0.05) is 0 Å². The summed E-state index contributed by atoms with van der Waals surface area (Å²) in [5.74, 6) is -0.181. The molecule has 1 amide bonds.